The lowest BCUT2D eigenvalue weighted by atomic mass is 10.2. The van der Waals surface area contributed by atoms with Gasteiger partial charge in [-0.3, -0.25) is 9.59 Å². The van der Waals surface area contributed by atoms with Gasteiger partial charge in [-0.25, -0.2) is 0 Å². The smallest absolute Gasteiger partial charge is 0.262 e. The molecule has 0 aliphatic rings. The van der Waals surface area contributed by atoms with E-state index in [0.717, 1.165) is 5.56 Å². The van der Waals surface area contributed by atoms with Crippen molar-refractivity contribution < 1.29 is 18.7 Å². The topological polar surface area (TPSA) is 77.8 Å². The summed E-state index contributed by atoms with van der Waals surface area (Å²) in [6, 6.07) is 19.0. The van der Waals surface area contributed by atoms with Crippen molar-refractivity contribution >= 4 is 34.2 Å². The summed E-state index contributed by atoms with van der Waals surface area (Å²) in [5.74, 6) is 0.663. The van der Waals surface area contributed by atoms with E-state index in [2.05, 4.69) is 5.32 Å². The van der Waals surface area contributed by atoms with Crippen molar-refractivity contribution in [2.75, 3.05) is 11.9 Å². The zero-order chi connectivity index (χ0) is 21.8. The van der Waals surface area contributed by atoms with Gasteiger partial charge in [0.2, 0.25) is 11.2 Å². The minimum absolute atomic E-state index is 0.0888. The van der Waals surface area contributed by atoms with Gasteiger partial charge in [0.05, 0.1) is 16.1 Å². The van der Waals surface area contributed by atoms with E-state index in [9.17, 15) is 9.59 Å². The summed E-state index contributed by atoms with van der Waals surface area (Å²) in [6.45, 7) is 1.71. The first kappa shape index (κ1) is 20.5. The largest absolute Gasteiger partial charge is 0.484 e. The van der Waals surface area contributed by atoms with E-state index in [1.54, 1.807) is 48.5 Å². The lowest BCUT2D eigenvalue weighted by Crippen LogP contribution is -2.20. The molecular formula is C24H18ClNO5. The second-order valence-electron chi connectivity index (χ2n) is 6.82. The number of carbonyl (C=O) groups is 1. The fourth-order valence-corrected chi connectivity index (χ4v) is 3.14. The van der Waals surface area contributed by atoms with Gasteiger partial charge >= 0.3 is 0 Å². The number of nitrogens with one attached hydrogen (secondary N) is 1. The number of carbonyl (C=O) groups excluding carboxylic acids is 1. The number of hydrogen-bond donors (Lipinski definition) is 1. The van der Waals surface area contributed by atoms with E-state index < -0.39 is 0 Å². The number of para-hydroxylation sites is 1. The molecular weight excluding hydrogens is 418 g/mol. The zero-order valence-corrected chi connectivity index (χ0v) is 17.3. The molecule has 31 heavy (non-hydrogen) atoms. The van der Waals surface area contributed by atoms with Crippen LogP contribution in [0.25, 0.3) is 11.0 Å². The number of rotatable bonds is 6. The van der Waals surface area contributed by atoms with E-state index in [1.165, 1.54) is 6.26 Å². The van der Waals surface area contributed by atoms with Gasteiger partial charge in [0.1, 0.15) is 23.3 Å². The molecule has 1 heterocycles. The highest BCUT2D eigenvalue weighted by molar-refractivity contribution is 6.33. The summed E-state index contributed by atoms with van der Waals surface area (Å²) in [5.41, 5.74) is 1.54. The van der Waals surface area contributed by atoms with Crippen molar-refractivity contribution in [2.45, 2.75) is 6.92 Å². The SMILES string of the molecule is Cc1cccc(Oc2coc3cc(OCC(=O)Nc4ccccc4Cl)ccc3c2=O)c1. The fraction of sp³-hybridized carbons (Fsp3) is 0.0833. The molecule has 4 rings (SSSR count). The van der Waals surface area contributed by atoms with Crippen molar-refractivity contribution in [3.63, 3.8) is 0 Å². The molecule has 0 aliphatic heterocycles. The molecule has 0 aliphatic carbocycles. The second kappa shape index (κ2) is 8.93. The number of benzene rings is 3. The van der Waals surface area contributed by atoms with Gasteiger partial charge in [-0.2, -0.15) is 0 Å². The van der Waals surface area contributed by atoms with Crippen LogP contribution in [-0.4, -0.2) is 12.5 Å². The van der Waals surface area contributed by atoms with Crippen molar-refractivity contribution in [1.29, 1.82) is 0 Å². The normalized spacial score (nSPS) is 10.6. The minimum Gasteiger partial charge on any atom is -0.484 e. The zero-order valence-electron chi connectivity index (χ0n) is 16.6. The Morgan fingerprint density at radius 2 is 1.87 bits per heavy atom. The molecule has 3 aromatic carbocycles. The highest BCUT2D eigenvalue weighted by Gasteiger charge is 2.12. The number of hydrogen-bond acceptors (Lipinski definition) is 5. The molecule has 4 aromatic rings. The third kappa shape index (κ3) is 4.87. The van der Waals surface area contributed by atoms with Gasteiger partial charge in [-0.1, -0.05) is 35.9 Å². The maximum Gasteiger partial charge on any atom is 0.262 e. The van der Waals surface area contributed by atoms with Crippen LogP contribution in [0.4, 0.5) is 5.69 Å². The van der Waals surface area contributed by atoms with Crippen LogP contribution in [-0.2, 0) is 4.79 Å². The van der Waals surface area contributed by atoms with Gasteiger partial charge < -0.3 is 19.2 Å². The Balaban J connectivity index is 1.46. The maximum atomic E-state index is 12.7. The monoisotopic (exact) mass is 435 g/mol. The number of amides is 1. The lowest BCUT2D eigenvalue weighted by molar-refractivity contribution is -0.118. The van der Waals surface area contributed by atoms with E-state index >= 15 is 0 Å². The molecule has 6 nitrogen and oxygen atoms in total. The highest BCUT2D eigenvalue weighted by Crippen LogP contribution is 2.25. The molecule has 0 bridgehead atoms. The molecule has 0 radical (unpaired) electrons. The number of fused-ring (bicyclic) bond motifs is 1. The van der Waals surface area contributed by atoms with Gasteiger partial charge in [-0.15, -0.1) is 0 Å². The minimum atomic E-state index is -0.364. The van der Waals surface area contributed by atoms with Crippen LogP contribution in [0.3, 0.4) is 0 Å². The first-order chi connectivity index (χ1) is 15.0. The molecule has 1 N–H and O–H groups in total. The summed E-state index contributed by atoms with van der Waals surface area (Å²) < 4.78 is 16.8. The van der Waals surface area contributed by atoms with Crippen LogP contribution in [0.2, 0.25) is 5.02 Å². The van der Waals surface area contributed by atoms with Crippen LogP contribution >= 0.6 is 11.6 Å². The molecule has 156 valence electrons. The van der Waals surface area contributed by atoms with E-state index in [1.807, 2.05) is 25.1 Å². The maximum absolute atomic E-state index is 12.7. The van der Waals surface area contributed by atoms with Crippen molar-refractivity contribution in [3.8, 4) is 17.2 Å². The quantitative estimate of drug-likeness (QED) is 0.428. The fourth-order valence-electron chi connectivity index (χ4n) is 2.95. The van der Waals surface area contributed by atoms with Crippen LogP contribution in [0.1, 0.15) is 5.56 Å². The van der Waals surface area contributed by atoms with Crippen molar-refractivity contribution in [3.05, 3.63) is 93.8 Å². The summed E-state index contributed by atoms with van der Waals surface area (Å²) in [4.78, 5) is 24.8. The molecule has 0 fully saturated rings. The van der Waals surface area contributed by atoms with Gasteiger partial charge in [0, 0.05) is 6.07 Å². The molecule has 1 aromatic heterocycles. The van der Waals surface area contributed by atoms with E-state index in [4.69, 9.17) is 25.5 Å². The van der Waals surface area contributed by atoms with E-state index in [-0.39, 0.29) is 23.7 Å². The molecule has 7 heteroatoms. The summed E-state index contributed by atoms with van der Waals surface area (Å²) in [7, 11) is 0. The molecule has 0 spiro atoms. The number of aryl methyl sites for hydroxylation is 1. The predicted molar refractivity (Wildman–Crippen MR) is 119 cm³/mol. The van der Waals surface area contributed by atoms with Crippen LogP contribution < -0.4 is 20.2 Å². The average molecular weight is 436 g/mol. The molecule has 0 atom stereocenters. The summed E-state index contributed by atoms with van der Waals surface area (Å²) in [5, 5.41) is 3.46. The standard InChI is InChI=1S/C24H18ClNO5/c1-15-5-4-6-17(11-15)31-22-13-30-21-12-16(9-10-18(21)24(22)28)29-14-23(27)26-20-8-3-2-7-19(20)25/h2-13H,14H2,1H3,(H,26,27). The van der Waals surface area contributed by atoms with Gasteiger partial charge in [0.15, 0.2) is 6.61 Å². The summed E-state index contributed by atoms with van der Waals surface area (Å²) >= 11 is 6.03. The third-order valence-corrected chi connectivity index (χ3v) is 4.78. The Labute approximate surface area is 183 Å². The Bertz CT molecular complexity index is 1310. The van der Waals surface area contributed by atoms with Crippen LogP contribution in [0.15, 0.2) is 82.2 Å². The highest BCUT2D eigenvalue weighted by atomic mass is 35.5. The van der Waals surface area contributed by atoms with Gasteiger partial charge in [0.25, 0.3) is 5.91 Å². The third-order valence-electron chi connectivity index (χ3n) is 4.45. The number of anilines is 1. The Kier molecular flexibility index (Phi) is 5.91. The lowest BCUT2D eigenvalue weighted by Gasteiger charge is -2.09. The van der Waals surface area contributed by atoms with Crippen LogP contribution in [0.5, 0.6) is 17.2 Å². The molecule has 1 amide bonds. The Morgan fingerprint density at radius 3 is 2.68 bits per heavy atom. The number of ether oxygens (including phenoxy) is 2. The predicted octanol–water partition coefficient (Wildman–Crippen LogP) is 5.56. The average Bonchev–Trinajstić information content (AvgIpc) is 2.76. The van der Waals surface area contributed by atoms with Crippen LogP contribution in [0, 0.1) is 6.92 Å². The summed E-state index contributed by atoms with van der Waals surface area (Å²) in [6.07, 6.45) is 1.26. The van der Waals surface area contributed by atoms with Gasteiger partial charge in [-0.05, 0) is 48.9 Å². The Morgan fingerprint density at radius 1 is 1.03 bits per heavy atom. The van der Waals surface area contributed by atoms with E-state index in [0.29, 0.717) is 33.2 Å². The number of halogens is 1. The second-order valence-corrected chi connectivity index (χ2v) is 7.23. The van der Waals surface area contributed by atoms with Crippen molar-refractivity contribution in [1.82, 2.24) is 0 Å². The Hall–Kier alpha value is -3.77. The first-order valence-electron chi connectivity index (χ1n) is 9.47. The molecule has 0 saturated carbocycles. The molecule has 0 saturated heterocycles. The van der Waals surface area contributed by atoms with Crippen molar-refractivity contribution in [2.24, 2.45) is 0 Å². The molecule has 0 unspecified atom stereocenters. The first-order valence-corrected chi connectivity index (χ1v) is 9.85.